The van der Waals surface area contributed by atoms with E-state index in [1.165, 1.54) is 77.0 Å². The molecule has 0 radical (unpaired) electrons. The first-order chi connectivity index (χ1) is 8.74. The molecule has 108 valence electrons. The SMILES string of the molecule is CCCCCCCCCC(N)C1CCCC(C)C1. The van der Waals surface area contributed by atoms with E-state index < -0.39 is 0 Å². The van der Waals surface area contributed by atoms with Crippen molar-refractivity contribution in [1.82, 2.24) is 0 Å². The third kappa shape index (κ3) is 6.78. The first-order valence-electron chi connectivity index (χ1n) is 8.49. The molecule has 3 unspecified atom stereocenters. The minimum absolute atomic E-state index is 0.489. The molecule has 0 aliphatic heterocycles. The third-order valence-electron chi connectivity index (χ3n) is 4.72. The van der Waals surface area contributed by atoms with Gasteiger partial charge in [-0.2, -0.15) is 0 Å². The van der Waals surface area contributed by atoms with Gasteiger partial charge in [-0.05, 0) is 31.1 Å². The molecular formula is C17H35N. The largest absolute Gasteiger partial charge is 0.327 e. The summed E-state index contributed by atoms with van der Waals surface area (Å²) in [5, 5.41) is 0. The van der Waals surface area contributed by atoms with E-state index in [-0.39, 0.29) is 0 Å². The van der Waals surface area contributed by atoms with Crippen molar-refractivity contribution in [2.24, 2.45) is 17.6 Å². The summed E-state index contributed by atoms with van der Waals surface area (Å²) in [5.74, 6) is 1.75. The predicted molar refractivity (Wildman–Crippen MR) is 81.7 cm³/mol. The Labute approximate surface area is 115 Å². The molecule has 1 fully saturated rings. The zero-order valence-electron chi connectivity index (χ0n) is 12.8. The first-order valence-corrected chi connectivity index (χ1v) is 8.49. The Kier molecular flexibility index (Phi) is 8.75. The van der Waals surface area contributed by atoms with Crippen molar-refractivity contribution in [3.05, 3.63) is 0 Å². The minimum Gasteiger partial charge on any atom is -0.327 e. The molecule has 1 heteroatoms. The average molecular weight is 253 g/mol. The van der Waals surface area contributed by atoms with Crippen LogP contribution in [0.3, 0.4) is 0 Å². The van der Waals surface area contributed by atoms with Crippen LogP contribution in [0.5, 0.6) is 0 Å². The number of rotatable bonds is 9. The average Bonchev–Trinajstić information content (AvgIpc) is 2.37. The van der Waals surface area contributed by atoms with Crippen LogP contribution in [-0.4, -0.2) is 6.04 Å². The Morgan fingerprint density at radius 3 is 2.33 bits per heavy atom. The molecule has 1 rings (SSSR count). The van der Waals surface area contributed by atoms with E-state index in [1.54, 1.807) is 0 Å². The van der Waals surface area contributed by atoms with E-state index in [0.29, 0.717) is 6.04 Å². The van der Waals surface area contributed by atoms with Gasteiger partial charge in [-0.3, -0.25) is 0 Å². The van der Waals surface area contributed by atoms with Gasteiger partial charge in [-0.1, -0.05) is 71.6 Å². The highest BCUT2D eigenvalue weighted by Gasteiger charge is 2.23. The van der Waals surface area contributed by atoms with Gasteiger partial charge in [0, 0.05) is 6.04 Å². The molecule has 0 aromatic heterocycles. The molecule has 18 heavy (non-hydrogen) atoms. The molecule has 0 heterocycles. The van der Waals surface area contributed by atoms with Crippen molar-refractivity contribution in [2.75, 3.05) is 0 Å². The Morgan fingerprint density at radius 2 is 1.67 bits per heavy atom. The molecule has 0 aromatic carbocycles. The van der Waals surface area contributed by atoms with Gasteiger partial charge in [0.25, 0.3) is 0 Å². The van der Waals surface area contributed by atoms with Gasteiger partial charge in [0.05, 0.1) is 0 Å². The zero-order valence-corrected chi connectivity index (χ0v) is 12.8. The maximum atomic E-state index is 6.37. The maximum absolute atomic E-state index is 6.37. The van der Waals surface area contributed by atoms with Crippen LogP contribution in [0.25, 0.3) is 0 Å². The van der Waals surface area contributed by atoms with Crippen LogP contribution >= 0.6 is 0 Å². The fourth-order valence-electron chi connectivity index (χ4n) is 3.44. The van der Waals surface area contributed by atoms with E-state index in [0.717, 1.165) is 11.8 Å². The smallest absolute Gasteiger partial charge is 0.00672 e. The van der Waals surface area contributed by atoms with Crippen LogP contribution in [-0.2, 0) is 0 Å². The Morgan fingerprint density at radius 1 is 1.00 bits per heavy atom. The highest BCUT2D eigenvalue weighted by Crippen LogP contribution is 2.31. The normalized spacial score (nSPS) is 26.2. The Hall–Kier alpha value is -0.0400. The van der Waals surface area contributed by atoms with Gasteiger partial charge in [0.2, 0.25) is 0 Å². The molecule has 2 N–H and O–H groups in total. The molecule has 1 aliphatic carbocycles. The van der Waals surface area contributed by atoms with Crippen molar-refractivity contribution in [3.8, 4) is 0 Å². The lowest BCUT2D eigenvalue weighted by Crippen LogP contribution is -2.33. The monoisotopic (exact) mass is 253 g/mol. The van der Waals surface area contributed by atoms with Crippen LogP contribution in [0.15, 0.2) is 0 Å². The van der Waals surface area contributed by atoms with Crippen LogP contribution in [0.2, 0.25) is 0 Å². The molecule has 0 bridgehead atoms. The van der Waals surface area contributed by atoms with Crippen molar-refractivity contribution in [2.45, 2.75) is 96.9 Å². The molecule has 0 amide bonds. The standard InChI is InChI=1S/C17H35N/c1-3-4-5-6-7-8-9-13-17(18)16-12-10-11-15(2)14-16/h15-17H,3-14,18H2,1-2H3. The van der Waals surface area contributed by atoms with E-state index in [9.17, 15) is 0 Å². The highest BCUT2D eigenvalue weighted by molar-refractivity contribution is 4.79. The lowest BCUT2D eigenvalue weighted by atomic mass is 9.77. The van der Waals surface area contributed by atoms with Crippen LogP contribution in [0, 0.1) is 11.8 Å². The highest BCUT2D eigenvalue weighted by atomic mass is 14.6. The maximum Gasteiger partial charge on any atom is 0.00672 e. The molecule has 0 spiro atoms. The van der Waals surface area contributed by atoms with Crippen molar-refractivity contribution in [1.29, 1.82) is 0 Å². The lowest BCUT2D eigenvalue weighted by molar-refractivity contribution is 0.237. The van der Waals surface area contributed by atoms with Crippen LogP contribution in [0.4, 0.5) is 0 Å². The molecule has 0 aromatic rings. The minimum atomic E-state index is 0.489. The summed E-state index contributed by atoms with van der Waals surface area (Å²) in [6, 6.07) is 0.489. The van der Waals surface area contributed by atoms with E-state index in [4.69, 9.17) is 5.73 Å². The topological polar surface area (TPSA) is 26.0 Å². The van der Waals surface area contributed by atoms with Gasteiger partial charge < -0.3 is 5.73 Å². The second-order valence-electron chi connectivity index (χ2n) is 6.61. The summed E-state index contributed by atoms with van der Waals surface area (Å²) in [4.78, 5) is 0. The first kappa shape index (κ1) is 16.0. The van der Waals surface area contributed by atoms with E-state index in [2.05, 4.69) is 13.8 Å². The second kappa shape index (κ2) is 9.83. The zero-order chi connectivity index (χ0) is 13.2. The molecule has 1 aliphatic rings. The van der Waals surface area contributed by atoms with Gasteiger partial charge in [-0.25, -0.2) is 0 Å². The fourth-order valence-corrected chi connectivity index (χ4v) is 3.44. The third-order valence-corrected chi connectivity index (χ3v) is 4.72. The molecule has 1 saturated carbocycles. The number of unbranched alkanes of at least 4 members (excludes halogenated alkanes) is 6. The fraction of sp³-hybridized carbons (Fsp3) is 1.00. The summed E-state index contributed by atoms with van der Waals surface area (Å²) >= 11 is 0. The molecular weight excluding hydrogens is 218 g/mol. The predicted octanol–water partition coefficient (Wildman–Crippen LogP) is 5.28. The summed E-state index contributed by atoms with van der Waals surface area (Å²) in [7, 11) is 0. The molecule has 0 saturated heterocycles. The second-order valence-corrected chi connectivity index (χ2v) is 6.61. The number of nitrogens with two attached hydrogens (primary N) is 1. The Balaban J connectivity index is 1.97. The van der Waals surface area contributed by atoms with Gasteiger partial charge in [-0.15, -0.1) is 0 Å². The van der Waals surface area contributed by atoms with Crippen molar-refractivity contribution >= 4 is 0 Å². The number of hydrogen-bond acceptors (Lipinski definition) is 1. The summed E-state index contributed by atoms with van der Waals surface area (Å²) in [6.45, 7) is 4.68. The van der Waals surface area contributed by atoms with Crippen LogP contribution in [0.1, 0.15) is 90.9 Å². The number of hydrogen-bond donors (Lipinski definition) is 1. The van der Waals surface area contributed by atoms with Crippen molar-refractivity contribution in [3.63, 3.8) is 0 Å². The summed E-state index contributed by atoms with van der Waals surface area (Å²) < 4.78 is 0. The van der Waals surface area contributed by atoms with Gasteiger partial charge >= 0.3 is 0 Å². The molecule has 3 atom stereocenters. The summed E-state index contributed by atoms with van der Waals surface area (Å²) in [6.07, 6.45) is 16.7. The lowest BCUT2D eigenvalue weighted by Gasteiger charge is -2.31. The van der Waals surface area contributed by atoms with E-state index in [1.807, 2.05) is 0 Å². The summed E-state index contributed by atoms with van der Waals surface area (Å²) in [5.41, 5.74) is 6.37. The van der Waals surface area contributed by atoms with E-state index >= 15 is 0 Å². The molecule has 1 nitrogen and oxygen atoms in total. The van der Waals surface area contributed by atoms with Gasteiger partial charge in [0.15, 0.2) is 0 Å². The van der Waals surface area contributed by atoms with Gasteiger partial charge in [0.1, 0.15) is 0 Å². The van der Waals surface area contributed by atoms with Crippen molar-refractivity contribution < 1.29 is 0 Å². The quantitative estimate of drug-likeness (QED) is 0.556. The Bertz CT molecular complexity index is 190. The van der Waals surface area contributed by atoms with Crippen LogP contribution < -0.4 is 5.73 Å².